The van der Waals surface area contributed by atoms with Gasteiger partial charge in [0, 0.05) is 12.6 Å². The van der Waals surface area contributed by atoms with Gasteiger partial charge < -0.3 is 5.73 Å². The number of hydrogen-bond acceptors (Lipinski definition) is 2. The van der Waals surface area contributed by atoms with E-state index in [0.29, 0.717) is 0 Å². The topological polar surface area (TPSA) is 43.8 Å². The molecule has 0 spiro atoms. The lowest BCUT2D eigenvalue weighted by Gasteiger charge is -2.07. The van der Waals surface area contributed by atoms with Gasteiger partial charge in [-0.1, -0.05) is 11.6 Å². The molecule has 1 heterocycles. The van der Waals surface area contributed by atoms with Crippen molar-refractivity contribution in [2.24, 2.45) is 5.73 Å². The molecule has 1 atom stereocenters. The summed E-state index contributed by atoms with van der Waals surface area (Å²) in [4.78, 5) is 0. The average Bonchev–Trinajstić information content (AvgIpc) is 2.43. The van der Waals surface area contributed by atoms with E-state index in [4.69, 9.17) is 17.3 Å². The van der Waals surface area contributed by atoms with Crippen molar-refractivity contribution in [2.45, 2.75) is 39.3 Å². The molecular weight excluding hydrogens is 186 g/mol. The lowest BCUT2D eigenvalue weighted by molar-refractivity contribution is 0.586. The zero-order valence-corrected chi connectivity index (χ0v) is 8.88. The van der Waals surface area contributed by atoms with E-state index in [9.17, 15) is 0 Å². The van der Waals surface area contributed by atoms with Crippen molar-refractivity contribution in [3.8, 4) is 0 Å². The highest BCUT2D eigenvalue weighted by Crippen LogP contribution is 2.17. The summed E-state index contributed by atoms with van der Waals surface area (Å²) in [6, 6.07) is 0.219. The minimum absolute atomic E-state index is 0.219. The monoisotopic (exact) mass is 201 g/mol. The number of nitrogens with two attached hydrogens (primary N) is 1. The standard InChI is InChI=1S/C9H16ClN3/c1-3-13-9(5-4-7(2)11)8(10)6-12-13/h6-7H,3-5,11H2,1-2H3. The van der Waals surface area contributed by atoms with Gasteiger partial charge in [-0.15, -0.1) is 0 Å². The fourth-order valence-corrected chi connectivity index (χ4v) is 1.51. The fraction of sp³-hybridized carbons (Fsp3) is 0.667. The lowest BCUT2D eigenvalue weighted by Crippen LogP contribution is -2.16. The molecule has 0 radical (unpaired) electrons. The van der Waals surface area contributed by atoms with E-state index < -0.39 is 0 Å². The Morgan fingerprint density at radius 3 is 2.92 bits per heavy atom. The number of aromatic nitrogens is 2. The van der Waals surface area contributed by atoms with Crippen molar-refractivity contribution < 1.29 is 0 Å². The second-order valence-electron chi connectivity index (χ2n) is 3.27. The molecule has 13 heavy (non-hydrogen) atoms. The summed E-state index contributed by atoms with van der Waals surface area (Å²) >= 11 is 5.98. The zero-order valence-electron chi connectivity index (χ0n) is 8.13. The van der Waals surface area contributed by atoms with E-state index in [1.54, 1.807) is 6.20 Å². The van der Waals surface area contributed by atoms with Crippen LogP contribution in [0, 0.1) is 0 Å². The van der Waals surface area contributed by atoms with Gasteiger partial charge in [0.25, 0.3) is 0 Å². The Bertz CT molecular complexity index is 268. The van der Waals surface area contributed by atoms with Crippen molar-refractivity contribution in [1.29, 1.82) is 0 Å². The molecule has 1 unspecified atom stereocenters. The van der Waals surface area contributed by atoms with Crippen molar-refractivity contribution in [3.63, 3.8) is 0 Å². The van der Waals surface area contributed by atoms with Crippen molar-refractivity contribution >= 4 is 11.6 Å². The predicted octanol–water partition coefficient (Wildman–Crippen LogP) is 1.84. The number of nitrogens with zero attached hydrogens (tertiary/aromatic N) is 2. The molecule has 0 fully saturated rings. The zero-order chi connectivity index (χ0) is 9.84. The fourth-order valence-electron chi connectivity index (χ4n) is 1.27. The molecule has 0 aliphatic rings. The van der Waals surface area contributed by atoms with Gasteiger partial charge in [-0.25, -0.2) is 0 Å². The van der Waals surface area contributed by atoms with Crippen LogP contribution in [-0.4, -0.2) is 15.8 Å². The highest BCUT2D eigenvalue weighted by atomic mass is 35.5. The van der Waals surface area contributed by atoms with Crippen LogP contribution >= 0.6 is 11.6 Å². The first kappa shape index (κ1) is 10.5. The number of aryl methyl sites for hydroxylation is 1. The van der Waals surface area contributed by atoms with Crippen molar-refractivity contribution in [2.75, 3.05) is 0 Å². The first-order valence-corrected chi connectivity index (χ1v) is 4.98. The molecule has 1 rings (SSSR count). The highest BCUT2D eigenvalue weighted by Gasteiger charge is 2.08. The third-order valence-corrected chi connectivity index (χ3v) is 2.35. The average molecular weight is 202 g/mol. The molecule has 0 amide bonds. The maximum Gasteiger partial charge on any atom is 0.0817 e. The maximum atomic E-state index is 5.98. The van der Waals surface area contributed by atoms with Crippen LogP contribution in [0.4, 0.5) is 0 Å². The van der Waals surface area contributed by atoms with E-state index in [2.05, 4.69) is 12.0 Å². The molecular formula is C9H16ClN3. The minimum atomic E-state index is 0.219. The van der Waals surface area contributed by atoms with Crippen LogP contribution in [0.5, 0.6) is 0 Å². The molecule has 0 aromatic carbocycles. The van der Waals surface area contributed by atoms with Crippen LogP contribution in [0.1, 0.15) is 26.0 Å². The van der Waals surface area contributed by atoms with Crippen LogP contribution in [-0.2, 0) is 13.0 Å². The van der Waals surface area contributed by atoms with Crippen LogP contribution in [0.2, 0.25) is 5.02 Å². The van der Waals surface area contributed by atoms with Crippen LogP contribution < -0.4 is 5.73 Å². The second kappa shape index (κ2) is 4.63. The number of rotatable bonds is 4. The predicted molar refractivity (Wildman–Crippen MR) is 54.9 cm³/mol. The van der Waals surface area contributed by atoms with Gasteiger partial charge in [-0.2, -0.15) is 5.10 Å². The third-order valence-electron chi connectivity index (χ3n) is 2.03. The first-order chi connectivity index (χ1) is 6.15. The SMILES string of the molecule is CCn1ncc(Cl)c1CCC(C)N. The summed E-state index contributed by atoms with van der Waals surface area (Å²) in [5.41, 5.74) is 6.78. The van der Waals surface area contributed by atoms with E-state index >= 15 is 0 Å². The minimum Gasteiger partial charge on any atom is -0.328 e. The maximum absolute atomic E-state index is 5.98. The largest absolute Gasteiger partial charge is 0.328 e. The quantitative estimate of drug-likeness (QED) is 0.808. The molecule has 0 saturated heterocycles. The molecule has 0 saturated carbocycles. The molecule has 4 heteroatoms. The molecule has 0 bridgehead atoms. The first-order valence-electron chi connectivity index (χ1n) is 4.61. The smallest absolute Gasteiger partial charge is 0.0817 e. The molecule has 1 aromatic rings. The molecule has 2 N–H and O–H groups in total. The van der Waals surface area contributed by atoms with Crippen molar-refractivity contribution in [1.82, 2.24) is 9.78 Å². The van der Waals surface area contributed by atoms with E-state index in [1.807, 2.05) is 11.6 Å². The Kier molecular flexibility index (Phi) is 3.75. The van der Waals surface area contributed by atoms with Gasteiger partial charge in [0.2, 0.25) is 0 Å². The second-order valence-corrected chi connectivity index (χ2v) is 3.68. The summed E-state index contributed by atoms with van der Waals surface area (Å²) in [6.45, 7) is 4.92. The summed E-state index contributed by atoms with van der Waals surface area (Å²) in [6.07, 6.45) is 3.55. The molecule has 74 valence electrons. The van der Waals surface area contributed by atoms with E-state index in [0.717, 1.165) is 30.1 Å². The van der Waals surface area contributed by atoms with Gasteiger partial charge in [0.05, 0.1) is 16.9 Å². The lowest BCUT2D eigenvalue weighted by atomic mass is 10.1. The third kappa shape index (κ3) is 2.71. The summed E-state index contributed by atoms with van der Waals surface area (Å²) in [7, 11) is 0. The van der Waals surface area contributed by atoms with Gasteiger partial charge in [-0.05, 0) is 26.7 Å². The molecule has 1 aromatic heterocycles. The Morgan fingerprint density at radius 2 is 2.38 bits per heavy atom. The molecule has 3 nitrogen and oxygen atoms in total. The summed E-state index contributed by atoms with van der Waals surface area (Å²) in [5.74, 6) is 0. The summed E-state index contributed by atoms with van der Waals surface area (Å²) < 4.78 is 1.92. The Balaban J connectivity index is 2.68. The Labute approximate surface area is 83.9 Å². The normalized spacial score (nSPS) is 13.2. The molecule has 0 aliphatic heterocycles. The number of hydrogen-bond donors (Lipinski definition) is 1. The van der Waals surface area contributed by atoms with Crippen LogP contribution in [0.15, 0.2) is 6.20 Å². The molecule has 0 aliphatic carbocycles. The highest BCUT2D eigenvalue weighted by molar-refractivity contribution is 6.31. The van der Waals surface area contributed by atoms with E-state index in [1.165, 1.54) is 0 Å². The van der Waals surface area contributed by atoms with Crippen molar-refractivity contribution in [3.05, 3.63) is 16.9 Å². The number of halogens is 1. The Hall–Kier alpha value is -0.540. The van der Waals surface area contributed by atoms with Crippen LogP contribution in [0.25, 0.3) is 0 Å². The Morgan fingerprint density at radius 1 is 1.69 bits per heavy atom. The van der Waals surface area contributed by atoms with E-state index in [-0.39, 0.29) is 6.04 Å². The van der Waals surface area contributed by atoms with Crippen LogP contribution in [0.3, 0.4) is 0 Å². The summed E-state index contributed by atoms with van der Waals surface area (Å²) in [5, 5.41) is 4.91. The van der Waals surface area contributed by atoms with Gasteiger partial charge in [-0.3, -0.25) is 4.68 Å². The van der Waals surface area contributed by atoms with Gasteiger partial charge in [0.15, 0.2) is 0 Å². The van der Waals surface area contributed by atoms with Gasteiger partial charge >= 0.3 is 0 Å². The van der Waals surface area contributed by atoms with Gasteiger partial charge in [0.1, 0.15) is 0 Å².